The van der Waals surface area contributed by atoms with Crippen LogP contribution in [0.25, 0.3) is 0 Å². The van der Waals surface area contributed by atoms with Crippen molar-refractivity contribution in [3.63, 3.8) is 0 Å². The molecule has 0 bridgehead atoms. The minimum Gasteiger partial charge on any atom is -0.386 e. The molecule has 1 aromatic carbocycles. The Morgan fingerprint density at radius 2 is 2.35 bits per heavy atom. The maximum Gasteiger partial charge on any atom is 0.327 e. The van der Waals surface area contributed by atoms with Gasteiger partial charge in [0.05, 0.1) is 17.2 Å². The molecule has 2 aromatic rings. The molecule has 0 saturated heterocycles. The van der Waals surface area contributed by atoms with E-state index in [1.165, 1.54) is 23.0 Å². The van der Waals surface area contributed by atoms with E-state index in [0.29, 0.717) is 5.56 Å². The molecule has 1 unspecified atom stereocenters. The van der Waals surface area contributed by atoms with Crippen molar-refractivity contribution in [3.05, 3.63) is 52.1 Å². The molecular formula is C12H13FN4O3. The second-order valence-corrected chi connectivity index (χ2v) is 4.24. The fraction of sp³-hybridized carbons (Fsp3) is 0.250. The zero-order valence-electron chi connectivity index (χ0n) is 10.7. The van der Waals surface area contributed by atoms with E-state index in [1.807, 2.05) is 0 Å². The van der Waals surface area contributed by atoms with Crippen molar-refractivity contribution in [3.8, 4) is 0 Å². The summed E-state index contributed by atoms with van der Waals surface area (Å²) in [6.07, 6.45) is 2.23. The van der Waals surface area contributed by atoms with Crippen LogP contribution in [-0.2, 0) is 7.05 Å². The molecule has 0 aliphatic heterocycles. The van der Waals surface area contributed by atoms with Gasteiger partial charge >= 0.3 is 5.69 Å². The molecule has 0 aliphatic rings. The molecule has 2 N–H and O–H groups in total. The third kappa shape index (κ3) is 2.91. The van der Waals surface area contributed by atoms with E-state index < -0.39 is 22.5 Å². The van der Waals surface area contributed by atoms with E-state index in [2.05, 4.69) is 10.4 Å². The van der Waals surface area contributed by atoms with Gasteiger partial charge in [-0.2, -0.15) is 9.49 Å². The van der Waals surface area contributed by atoms with Gasteiger partial charge in [0.2, 0.25) is 5.82 Å². The number of halogens is 1. The first-order chi connectivity index (χ1) is 9.49. The Labute approximate surface area is 113 Å². The third-order valence-corrected chi connectivity index (χ3v) is 2.76. The lowest BCUT2D eigenvalue weighted by Gasteiger charge is -2.11. The SMILES string of the molecule is Cn1cc(C(O)CNc2cccc(F)c2[N+](=O)[O-])cn1. The standard InChI is InChI=1S/C12H13FN4O3/c1-16-7-8(5-15-16)11(18)6-14-10-4-2-3-9(13)12(10)17(19)20/h2-5,7,11,14,18H,6H2,1H3. The lowest BCUT2D eigenvalue weighted by atomic mass is 10.2. The van der Waals surface area contributed by atoms with E-state index in [-0.39, 0.29) is 12.2 Å². The summed E-state index contributed by atoms with van der Waals surface area (Å²) >= 11 is 0. The number of nitro benzene ring substituents is 1. The topological polar surface area (TPSA) is 93.2 Å². The van der Waals surface area contributed by atoms with E-state index in [9.17, 15) is 19.6 Å². The highest BCUT2D eigenvalue weighted by Crippen LogP contribution is 2.27. The predicted molar refractivity (Wildman–Crippen MR) is 69.7 cm³/mol. The zero-order valence-corrected chi connectivity index (χ0v) is 10.7. The third-order valence-electron chi connectivity index (χ3n) is 2.76. The molecule has 0 amide bonds. The number of hydrogen-bond acceptors (Lipinski definition) is 5. The molecule has 7 nitrogen and oxygen atoms in total. The Balaban J connectivity index is 2.11. The summed E-state index contributed by atoms with van der Waals surface area (Å²) in [5.41, 5.74) is -0.0390. The van der Waals surface area contributed by atoms with Crippen molar-refractivity contribution in [1.82, 2.24) is 9.78 Å². The summed E-state index contributed by atoms with van der Waals surface area (Å²) in [6, 6.07) is 3.76. The molecule has 2 rings (SSSR count). The summed E-state index contributed by atoms with van der Waals surface area (Å²) in [6.45, 7) is 0.00991. The molecule has 0 radical (unpaired) electrons. The largest absolute Gasteiger partial charge is 0.386 e. The molecule has 0 saturated carbocycles. The average molecular weight is 280 g/mol. The maximum absolute atomic E-state index is 13.4. The van der Waals surface area contributed by atoms with Gasteiger partial charge < -0.3 is 10.4 Å². The summed E-state index contributed by atoms with van der Waals surface area (Å²) in [7, 11) is 1.71. The van der Waals surface area contributed by atoms with Gasteiger partial charge in [0, 0.05) is 25.4 Å². The highest BCUT2D eigenvalue weighted by atomic mass is 19.1. The Bertz CT molecular complexity index is 629. The number of rotatable bonds is 5. The van der Waals surface area contributed by atoms with Crippen molar-refractivity contribution in [1.29, 1.82) is 0 Å². The molecule has 0 fully saturated rings. The van der Waals surface area contributed by atoms with E-state index in [1.54, 1.807) is 13.2 Å². The van der Waals surface area contributed by atoms with Crippen LogP contribution in [0.15, 0.2) is 30.6 Å². The van der Waals surface area contributed by atoms with Crippen LogP contribution in [0.4, 0.5) is 15.8 Å². The molecule has 8 heteroatoms. The van der Waals surface area contributed by atoms with Gasteiger partial charge in [-0.25, -0.2) is 0 Å². The van der Waals surface area contributed by atoms with Gasteiger partial charge in [0.25, 0.3) is 0 Å². The number of hydrogen-bond donors (Lipinski definition) is 2. The number of benzene rings is 1. The van der Waals surface area contributed by atoms with Gasteiger partial charge in [-0.05, 0) is 12.1 Å². The molecule has 1 aromatic heterocycles. The lowest BCUT2D eigenvalue weighted by Crippen LogP contribution is -2.13. The number of aromatic nitrogens is 2. The second-order valence-electron chi connectivity index (χ2n) is 4.24. The minimum absolute atomic E-state index is 0.00991. The number of aliphatic hydroxyl groups is 1. The molecule has 1 heterocycles. The van der Waals surface area contributed by atoms with Gasteiger partial charge in [-0.3, -0.25) is 14.8 Å². The van der Waals surface area contributed by atoms with Crippen molar-refractivity contribution in [2.24, 2.45) is 7.05 Å². The van der Waals surface area contributed by atoms with Crippen LogP contribution in [0, 0.1) is 15.9 Å². The van der Waals surface area contributed by atoms with E-state index >= 15 is 0 Å². The van der Waals surface area contributed by atoms with Gasteiger partial charge in [-0.15, -0.1) is 0 Å². The van der Waals surface area contributed by atoms with Gasteiger partial charge in [-0.1, -0.05) is 6.07 Å². The first-order valence-electron chi connectivity index (χ1n) is 5.82. The van der Waals surface area contributed by atoms with Crippen LogP contribution in [0.1, 0.15) is 11.7 Å². The number of para-hydroxylation sites is 1. The van der Waals surface area contributed by atoms with Crippen LogP contribution in [-0.4, -0.2) is 26.4 Å². The lowest BCUT2D eigenvalue weighted by molar-refractivity contribution is -0.386. The van der Waals surface area contributed by atoms with Crippen molar-refractivity contribution >= 4 is 11.4 Å². The smallest absolute Gasteiger partial charge is 0.327 e. The highest BCUT2D eigenvalue weighted by Gasteiger charge is 2.20. The zero-order chi connectivity index (χ0) is 14.7. The quantitative estimate of drug-likeness (QED) is 0.641. The van der Waals surface area contributed by atoms with Crippen LogP contribution in [0.2, 0.25) is 0 Å². The molecule has 0 spiro atoms. The fourth-order valence-corrected chi connectivity index (χ4v) is 1.78. The number of nitrogens with one attached hydrogen (secondary N) is 1. The Morgan fingerprint density at radius 1 is 1.60 bits per heavy atom. The summed E-state index contributed by atoms with van der Waals surface area (Å²) in [5.74, 6) is -0.920. The number of nitro groups is 1. The number of anilines is 1. The van der Waals surface area contributed by atoms with Crippen molar-refractivity contribution in [2.45, 2.75) is 6.10 Å². The van der Waals surface area contributed by atoms with E-state index in [4.69, 9.17) is 0 Å². The molecule has 0 aliphatic carbocycles. The number of aryl methyl sites for hydroxylation is 1. The van der Waals surface area contributed by atoms with Crippen LogP contribution in [0.5, 0.6) is 0 Å². The second kappa shape index (κ2) is 5.66. The van der Waals surface area contributed by atoms with Crippen molar-refractivity contribution in [2.75, 3.05) is 11.9 Å². The maximum atomic E-state index is 13.4. The minimum atomic E-state index is -0.920. The van der Waals surface area contributed by atoms with E-state index in [0.717, 1.165) is 6.07 Å². The fourth-order valence-electron chi connectivity index (χ4n) is 1.78. The predicted octanol–water partition coefficient (Wildman–Crippen LogP) is 1.61. The molecule has 1 atom stereocenters. The first kappa shape index (κ1) is 13.9. The number of aliphatic hydroxyl groups excluding tert-OH is 1. The Kier molecular flexibility index (Phi) is 3.94. The Morgan fingerprint density at radius 3 is 2.95 bits per heavy atom. The summed E-state index contributed by atoms with van der Waals surface area (Å²) in [5, 5.41) is 27.3. The normalized spacial score (nSPS) is 12.2. The molecule has 106 valence electrons. The van der Waals surface area contributed by atoms with Crippen molar-refractivity contribution < 1.29 is 14.4 Å². The highest BCUT2D eigenvalue weighted by molar-refractivity contribution is 5.62. The van der Waals surface area contributed by atoms with Crippen LogP contribution < -0.4 is 5.32 Å². The first-order valence-corrected chi connectivity index (χ1v) is 5.82. The molecular weight excluding hydrogens is 267 g/mol. The van der Waals surface area contributed by atoms with Gasteiger partial charge in [0.15, 0.2) is 0 Å². The monoisotopic (exact) mass is 280 g/mol. The number of nitrogens with zero attached hydrogens (tertiary/aromatic N) is 3. The van der Waals surface area contributed by atoms with Crippen LogP contribution in [0.3, 0.4) is 0 Å². The van der Waals surface area contributed by atoms with Crippen LogP contribution >= 0.6 is 0 Å². The summed E-state index contributed by atoms with van der Waals surface area (Å²) in [4.78, 5) is 10.0. The van der Waals surface area contributed by atoms with Gasteiger partial charge in [0.1, 0.15) is 5.69 Å². The molecule has 20 heavy (non-hydrogen) atoms. The average Bonchev–Trinajstić information content (AvgIpc) is 2.82. The summed E-state index contributed by atoms with van der Waals surface area (Å²) < 4.78 is 14.9. The Hall–Kier alpha value is -2.48.